The molecule has 4 heteroatoms. The van der Waals surface area contributed by atoms with Gasteiger partial charge in [-0.05, 0) is 6.92 Å². The maximum absolute atomic E-state index is 5.07. The van der Waals surface area contributed by atoms with E-state index >= 15 is 0 Å². The molecule has 0 radical (unpaired) electrons. The molecule has 0 atom stereocenters. The third kappa shape index (κ3) is 2.06. The highest BCUT2D eigenvalue weighted by Crippen LogP contribution is 2.36. The summed E-state index contributed by atoms with van der Waals surface area (Å²) in [6.07, 6.45) is 3.25. The van der Waals surface area contributed by atoms with E-state index in [-0.39, 0.29) is 1.43 Å². The van der Waals surface area contributed by atoms with Crippen molar-refractivity contribution in [1.82, 2.24) is 4.98 Å². The fraction of sp³-hybridized carbons (Fsp3) is 0.400. The van der Waals surface area contributed by atoms with Crippen LogP contribution in [0.2, 0.25) is 0 Å². The minimum absolute atomic E-state index is 0.0149. The topological polar surface area (TPSA) is 26.0 Å². The van der Waals surface area contributed by atoms with Gasteiger partial charge in [0, 0.05) is 0 Å². The van der Waals surface area contributed by atoms with Gasteiger partial charge >= 0.3 is 0 Å². The van der Waals surface area contributed by atoms with Crippen molar-refractivity contribution >= 4 is 45.2 Å². The molecule has 0 aliphatic heterocycles. The Morgan fingerprint density at radius 2 is 2.33 bits per heavy atom. The molecule has 0 aromatic carbocycles. The first kappa shape index (κ1) is 7.77. The second-order valence-electron chi connectivity index (χ2n) is 1.73. The van der Waals surface area contributed by atoms with E-state index in [0.717, 1.165) is 5.89 Å². The van der Waals surface area contributed by atoms with Gasteiger partial charge in [-0.15, -0.1) is 0 Å². The summed E-state index contributed by atoms with van der Waals surface area (Å²) in [4.78, 5) is 4.01. The van der Waals surface area contributed by atoms with Gasteiger partial charge in [-0.2, -0.15) is 0 Å². The summed E-state index contributed by atoms with van der Waals surface area (Å²) in [7, 11) is 0. The molecule has 0 bridgehead atoms. The molecule has 1 aromatic rings. The number of hydrogen-bond acceptors (Lipinski definition) is 2. The third-order valence-electron chi connectivity index (χ3n) is 0.808. The van der Waals surface area contributed by atoms with Gasteiger partial charge < -0.3 is 4.42 Å². The van der Waals surface area contributed by atoms with Crippen molar-refractivity contribution in [2.45, 2.75) is 8.35 Å². The largest absolute Gasteiger partial charge is 0.447 e. The molecule has 1 rings (SSSR count). The maximum Gasteiger partial charge on any atom is 0.219 e. The van der Waals surface area contributed by atoms with E-state index in [1.807, 2.05) is 6.92 Å². The fourth-order valence-corrected chi connectivity index (χ4v) is 0.973. The Bertz CT molecular complexity index is 177. The van der Waals surface area contributed by atoms with E-state index in [2.05, 4.69) is 50.2 Å². The van der Waals surface area contributed by atoms with Gasteiger partial charge in [0.15, 0.2) is 0 Å². The lowest BCUT2D eigenvalue weighted by atomic mass is 10.5. The lowest BCUT2D eigenvalue weighted by molar-refractivity contribution is 0.498. The molecule has 0 aliphatic rings. The van der Waals surface area contributed by atoms with Crippen LogP contribution in [0.3, 0.4) is 0 Å². The molecule has 0 unspecified atom stereocenters. The molecular weight excluding hydrogens is 344 g/mol. The highest BCUT2D eigenvalue weighted by atomic mass is 127. The molecule has 0 aliphatic carbocycles. The molecule has 50 valence electrons. The van der Waals surface area contributed by atoms with Crippen molar-refractivity contribution in [1.29, 1.82) is 0 Å². The average Bonchev–Trinajstić information content (AvgIpc) is 2.08. The van der Waals surface area contributed by atoms with E-state index in [0.29, 0.717) is 0 Å². The molecule has 0 N–H and O–H groups in total. The highest BCUT2D eigenvalue weighted by molar-refractivity contribution is 14.2. The Kier molecular flexibility index (Phi) is 2.36. The maximum atomic E-state index is 5.07. The zero-order chi connectivity index (χ0) is 6.91. The van der Waals surface area contributed by atoms with Gasteiger partial charge in [-0.3, -0.25) is 0 Å². The first-order valence-electron chi connectivity index (χ1n) is 2.38. The third-order valence-corrected chi connectivity index (χ3v) is 1.73. The molecule has 1 aromatic heterocycles. The van der Waals surface area contributed by atoms with Gasteiger partial charge in [-0.25, -0.2) is 4.98 Å². The molecule has 0 saturated carbocycles. The van der Waals surface area contributed by atoms with E-state index in [9.17, 15) is 0 Å². The smallest absolute Gasteiger partial charge is 0.219 e. The number of nitrogens with zero attached hydrogens (tertiary/aromatic N) is 1. The Morgan fingerprint density at radius 3 is 2.56 bits per heavy atom. The van der Waals surface area contributed by atoms with Gasteiger partial charge in [0.1, 0.15) is 7.69 Å². The van der Waals surface area contributed by atoms with Crippen LogP contribution in [0.15, 0.2) is 16.9 Å². The summed E-state index contributed by atoms with van der Waals surface area (Å²) < 4.78 is 5.06. The quantitative estimate of drug-likeness (QED) is 0.576. The lowest BCUT2D eigenvalue weighted by Gasteiger charge is -2.06. The Hall–Kier alpha value is 0.670. The van der Waals surface area contributed by atoms with E-state index in [1.165, 1.54) is 0 Å². The molecule has 0 amide bonds. The van der Waals surface area contributed by atoms with Crippen molar-refractivity contribution in [2.24, 2.45) is 0 Å². The van der Waals surface area contributed by atoms with Gasteiger partial charge in [-0.1, -0.05) is 45.2 Å². The molecule has 1 heterocycles. The normalized spacial score (nSPS) is 11.9. The molecular formula is C5H5I2NO. The number of hydrogen-bond donors (Lipinski definition) is 0. The standard InChI is InChI=1S/C5H5I2NO/c1-5(6,7)4-8-2-3-9-4/h2-3H,1H3. The summed E-state index contributed by atoms with van der Waals surface area (Å²) in [6, 6.07) is 0. The van der Waals surface area contributed by atoms with E-state index in [1.54, 1.807) is 12.5 Å². The molecule has 9 heavy (non-hydrogen) atoms. The van der Waals surface area contributed by atoms with Crippen molar-refractivity contribution in [2.75, 3.05) is 0 Å². The van der Waals surface area contributed by atoms with Gasteiger partial charge in [0.05, 0.1) is 6.20 Å². The van der Waals surface area contributed by atoms with Crippen LogP contribution in [0.25, 0.3) is 0 Å². The summed E-state index contributed by atoms with van der Waals surface area (Å²) in [6.45, 7) is 2.04. The van der Waals surface area contributed by atoms with Crippen LogP contribution in [-0.4, -0.2) is 4.98 Å². The Labute approximate surface area is 80.7 Å². The molecule has 2 nitrogen and oxygen atoms in total. The first-order chi connectivity index (χ1) is 4.11. The zero-order valence-electron chi connectivity index (χ0n) is 4.77. The molecule has 0 fully saturated rings. The fourth-order valence-electron chi connectivity index (χ4n) is 0.440. The minimum atomic E-state index is -0.0149. The minimum Gasteiger partial charge on any atom is -0.447 e. The number of rotatable bonds is 1. The monoisotopic (exact) mass is 349 g/mol. The van der Waals surface area contributed by atoms with E-state index in [4.69, 9.17) is 4.42 Å². The second-order valence-corrected chi connectivity index (χ2v) is 8.10. The van der Waals surface area contributed by atoms with Crippen molar-refractivity contribution < 1.29 is 4.42 Å². The number of halogens is 2. The van der Waals surface area contributed by atoms with Crippen LogP contribution in [0.4, 0.5) is 0 Å². The van der Waals surface area contributed by atoms with Gasteiger partial charge in [0.2, 0.25) is 5.89 Å². The molecule has 0 saturated heterocycles. The Balaban J connectivity index is 2.90. The predicted octanol–water partition coefficient (Wildman–Crippen LogP) is 2.72. The van der Waals surface area contributed by atoms with Crippen LogP contribution in [0.1, 0.15) is 12.8 Å². The average molecular weight is 349 g/mol. The summed E-state index contributed by atoms with van der Waals surface area (Å²) in [5, 5.41) is 0. The summed E-state index contributed by atoms with van der Waals surface area (Å²) in [5.74, 6) is 0.767. The SMILES string of the molecule is CC(I)(I)c1ncco1. The van der Waals surface area contributed by atoms with Crippen LogP contribution in [0, 0.1) is 0 Å². The van der Waals surface area contributed by atoms with E-state index < -0.39 is 0 Å². The summed E-state index contributed by atoms with van der Waals surface area (Å²) in [5.41, 5.74) is 0. The molecule has 0 spiro atoms. The number of aromatic nitrogens is 1. The number of alkyl halides is 2. The zero-order valence-corrected chi connectivity index (χ0v) is 9.08. The van der Waals surface area contributed by atoms with Gasteiger partial charge in [0.25, 0.3) is 0 Å². The van der Waals surface area contributed by atoms with Crippen LogP contribution in [-0.2, 0) is 1.43 Å². The second kappa shape index (κ2) is 2.73. The van der Waals surface area contributed by atoms with Crippen molar-refractivity contribution in [3.05, 3.63) is 18.4 Å². The highest BCUT2D eigenvalue weighted by Gasteiger charge is 2.22. The van der Waals surface area contributed by atoms with Crippen LogP contribution in [0.5, 0.6) is 0 Å². The summed E-state index contributed by atoms with van der Waals surface area (Å²) >= 11 is 4.54. The Morgan fingerprint density at radius 1 is 1.67 bits per heavy atom. The van der Waals surface area contributed by atoms with Crippen molar-refractivity contribution in [3.8, 4) is 0 Å². The first-order valence-corrected chi connectivity index (χ1v) is 4.54. The van der Waals surface area contributed by atoms with Crippen LogP contribution >= 0.6 is 45.2 Å². The predicted molar refractivity (Wildman–Crippen MR) is 51.9 cm³/mol. The lowest BCUT2D eigenvalue weighted by Crippen LogP contribution is -2.00. The van der Waals surface area contributed by atoms with Crippen molar-refractivity contribution in [3.63, 3.8) is 0 Å². The number of oxazole rings is 1. The van der Waals surface area contributed by atoms with Crippen LogP contribution < -0.4 is 0 Å².